The Labute approximate surface area is 132 Å². The van der Waals surface area contributed by atoms with E-state index in [9.17, 15) is 9.18 Å². The molecule has 7 heteroatoms. The molecule has 116 valence electrons. The Hall–Kier alpha value is -1.89. The summed E-state index contributed by atoms with van der Waals surface area (Å²) in [7, 11) is 0. The highest BCUT2D eigenvalue weighted by Gasteiger charge is 2.32. The molecule has 1 aliphatic heterocycles. The van der Waals surface area contributed by atoms with Crippen molar-refractivity contribution in [1.29, 1.82) is 0 Å². The molecule has 1 aromatic carbocycles. The number of anilines is 1. The second-order valence-corrected chi connectivity index (χ2v) is 6.28. The Morgan fingerprint density at radius 3 is 3.00 bits per heavy atom. The fourth-order valence-corrected chi connectivity index (χ4v) is 3.51. The van der Waals surface area contributed by atoms with Crippen LogP contribution in [0.1, 0.15) is 25.6 Å². The van der Waals surface area contributed by atoms with Gasteiger partial charge in [-0.1, -0.05) is 30.8 Å². The van der Waals surface area contributed by atoms with Crippen molar-refractivity contribution in [2.45, 2.75) is 36.6 Å². The summed E-state index contributed by atoms with van der Waals surface area (Å²) in [6.07, 6.45) is 2.36. The number of aryl methyl sites for hydroxylation is 1. The SMILES string of the molecule is CCc1nc(S[C@H]2CCCN(c3ccccc3F)C2=O)n[nH]1. The predicted octanol–water partition coefficient (Wildman–Crippen LogP) is 2.79. The van der Waals surface area contributed by atoms with Gasteiger partial charge in [-0.2, -0.15) is 0 Å². The van der Waals surface area contributed by atoms with E-state index in [2.05, 4.69) is 15.2 Å². The number of benzene rings is 1. The van der Waals surface area contributed by atoms with E-state index < -0.39 is 0 Å². The van der Waals surface area contributed by atoms with Crippen LogP contribution in [0.4, 0.5) is 10.1 Å². The number of carbonyl (C=O) groups excluding carboxylic acids is 1. The molecule has 1 saturated heterocycles. The molecule has 2 heterocycles. The Balaban J connectivity index is 1.76. The summed E-state index contributed by atoms with van der Waals surface area (Å²) in [6, 6.07) is 6.38. The van der Waals surface area contributed by atoms with E-state index in [0.29, 0.717) is 17.4 Å². The van der Waals surface area contributed by atoms with Crippen LogP contribution in [0.15, 0.2) is 29.4 Å². The number of para-hydroxylation sites is 1. The van der Waals surface area contributed by atoms with Gasteiger partial charge in [0.2, 0.25) is 11.1 Å². The van der Waals surface area contributed by atoms with Gasteiger partial charge in [-0.05, 0) is 25.0 Å². The lowest BCUT2D eigenvalue weighted by molar-refractivity contribution is -0.119. The summed E-state index contributed by atoms with van der Waals surface area (Å²) in [5, 5.41) is 7.26. The van der Waals surface area contributed by atoms with Crippen molar-refractivity contribution in [3.63, 3.8) is 0 Å². The Bertz CT molecular complexity index is 675. The van der Waals surface area contributed by atoms with Crippen molar-refractivity contribution in [3.05, 3.63) is 35.9 Å². The van der Waals surface area contributed by atoms with E-state index >= 15 is 0 Å². The van der Waals surface area contributed by atoms with Crippen LogP contribution in [0, 0.1) is 5.82 Å². The Morgan fingerprint density at radius 1 is 1.45 bits per heavy atom. The van der Waals surface area contributed by atoms with Crippen LogP contribution in [0.2, 0.25) is 0 Å². The van der Waals surface area contributed by atoms with E-state index in [1.54, 1.807) is 18.2 Å². The molecule has 0 bridgehead atoms. The average molecular weight is 320 g/mol. The molecule has 0 radical (unpaired) electrons. The van der Waals surface area contributed by atoms with Crippen LogP contribution in [0.25, 0.3) is 0 Å². The summed E-state index contributed by atoms with van der Waals surface area (Å²) in [4.78, 5) is 18.5. The summed E-state index contributed by atoms with van der Waals surface area (Å²) in [5.74, 6) is 0.355. The van der Waals surface area contributed by atoms with Gasteiger partial charge in [0.05, 0.1) is 10.9 Å². The summed E-state index contributed by atoms with van der Waals surface area (Å²) < 4.78 is 13.9. The molecule has 0 spiro atoms. The largest absolute Gasteiger partial charge is 0.309 e. The van der Waals surface area contributed by atoms with E-state index in [-0.39, 0.29) is 17.0 Å². The number of H-pyrrole nitrogens is 1. The van der Waals surface area contributed by atoms with Crippen molar-refractivity contribution < 1.29 is 9.18 Å². The zero-order valence-electron chi connectivity index (χ0n) is 12.3. The molecule has 1 aromatic heterocycles. The lowest BCUT2D eigenvalue weighted by Gasteiger charge is -2.31. The van der Waals surface area contributed by atoms with Crippen molar-refractivity contribution >= 4 is 23.4 Å². The molecule has 0 unspecified atom stereocenters. The number of rotatable bonds is 4. The molecular formula is C15H17FN4OS. The van der Waals surface area contributed by atoms with Crippen molar-refractivity contribution in [2.24, 2.45) is 0 Å². The summed E-state index contributed by atoms with van der Waals surface area (Å²) in [6.45, 7) is 2.53. The topological polar surface area (TPSA) is 61.9 Å². The fourth-order valence-electron chi connectivity index (χ4n) is 2.48. The number of hydrogen-bond donors (Lipinski definition) is 1. The summed E-state index contributed by atoms with van der Waals surface area (Å²) >= 11 is 1.35. The van der Waals surface area contributed by atoms with Crippen molar-refractivity contribution in [2.75, 3.05) is 11.4 Å². The molecule has 1 fully saturated rings. The number of aromatic amines is 1. The molecule has 22 heavy (non-hydrogen) atoms. The Morgan fingerprint density at radius 2 is 2.27 bits per heavy atom. The van der Waals surface area contributed by atoms with Gasteiger partial charge in [0.15, 0.2) is 0 Å². The highest BCUT2D eigenvalue weighted by atomic mass is 32.2. The Kier molecular flexibility index (Phi) is 4.42. The number of carbonyl (C=O) groups is 1. The number of amides is 1. The van der Waals surface area contributed by atoms with Crippen LogP contribution in [-0.4, -0.2) is 32.9 Å². The molecule has 2 aromatic rings. The van der Waals surface area contributed by atoms with Crippen molar-refractivity contribution in [1.82, 2.24) is 15.2 Å². The quantitative estimate of drug-likeness (QED) is 0.941. The number of aromatic nitrogens is 3. The normalized spacial score (nSPS) is 18.7. The van der Waals surface area contributed by atoms with E-state index in [1.165, 1.54) is 22.7 Å². The third-order valence-electron chi connectivity index (χ3n) is 3.63. The maximum absolute atomic E-state index is 13.9. The first-order valence-corrected chi connectivity index (χ1v) is 8.21. The molecule has 5 nitrogen and oxygen atoms in total. The highest BCUT2D eigenvalue weighted by molar-refractivity contribution is 8.00. The van der Waals surface area contributed by atoms with Crippen LogP contribution in [0.5, 0.6) is 0 Å². The van der Waals surface area contributed by atoms with Gasteiger partial charge in [-0.3, -0.25) is 9.89 Å². The van der Waals surface area contributed by atoms with Gasteiger partial charge in [0.1, 0.15) is 11.6 Å². The first-order chi connectivity index (χ1) is 10.7. The predicted molar refractivity (Wildman–Crippen MR) is 83.4 cm³/mol. The molecule has 0 aliphatic carbocycles. The average Bonchev–Trinajstić information content (AvgIpc) is 2.98. The van der Waals surface area contributed by atoms with E-state index in [0.717, 1.165) is 25.1 Å². The van der Waals surface area contributed by atoms with Crippen LogP contribution in [-0.2, 0) is 11.2 Å². The van der Waals surface area contributed by atoms with Gasteiger partial charge < -0.3 is 4.90 Å². The van der Waals surface area contributed by atoms with Crippen LogP contribution < -0.4 is 4.90 Å². The molecule has 1 aliphatic rings. The molecule has 0 saturated carbocycles. The second-order valence-electron chi connectivity index (χ2n) is 5.11. The van der Waals surface area contributed by atoms with E-state index in [4.69, 9.17) is 0 Å². The number of nitrogens with zero attached hydrogens (tertiary/aromatic N) is 3. The molecular weight excluding hydrogens is 303 g/mol. The second kappa shape index (κ2) is 6.48. The zero-order chi connectivity index (χ0) is 15.5. The third kappa shape index (κ3) is 2.99. The number of piperidine rings is 1. The van der Waals surface area contributed by atoms with Gasteiger partial charge in [0, 0.05) is 13.0 Å². The lowest BCUT2D eigenvalue weighted by Crippen LogP contribution is -2.43. The standard InChI is InChI=1S/C15H17FN4OS/c1-2-13-17-15(19-18-13)22-12-8-5-9-20(14(12)21)11-7-4-3-6-10(11)16/h3-4,6-7,12H,2,5,8-9H2,1H3,(H,17,18,19)/t12-/m0/s1. The number of nitrogens with one attached hydrogen (secondary N) is 1. The third-order valence-corrected chi connectivity index (χ3v) is 4.74. The van der Waals surface area contributed by atoms with Crippen LogP contribution >= 0.6 is 11.8 Å². The van der Waals surface area contributed by atoms with Gasteiger partial charge >= 0.3 is 0 Å². The number of hydrogen-bond acceptors (Lipinski definition) is 4. The van der Waals surface area contributed by atoms with Gasteiger partial charge in [-0.25, -0.2) is 9.37 Å². The molecule has 1 N–H and O–H groups in total. The zero-order valence-corrected chi connectivity index (χ0v) is 13.1. The van der Waals surface area contributed by atoms with Crippen molar-refractivity contribution in [3.8, 4) is 0 Å². The van der Waals surface area contributed by atoms with E-state index in [1.807, 2.05) is 6.92 Å². The van der Waals surface area contributed by atoms with Gasteiger partial charge in [0.25, 0.3) is 0 Å². The highest BCUT2D eigenvalue weighted by Crippen LogP contribution is 2.31. The molecule has 1 amide bonds. The number of thioether (sulfide) groups is 1. The molecule has 3 rings (SSSR count). The lowest BCUT2D eigenvalue weighted by atomic mass is 10.1. The first-order valence-electron chi connectivity index (χ1n) is 7.33. The monoisotopic (exact) mass is 320 g/mol. The minimum atomic E-state index is -0.368. The summed E-state index contributed by atoms with van der Waals surface area (Å²) in [5.41, 5.74) is 0.349. The minimum Gasteiger partial charge on any atom is -0.309 e. The van der Waals surface area contributed by atoms with Crippen LogP contribution in [0.3, 0.4) is 0 Å². The van der Waals surface area contributed by atoms with Gasteiger partial charge in [-0.15, -0.1) is 5.10 Å². The maximum atomic E-state index is 13.9. The smallest absolute Gasteiger partial charge is 0.240 e. The fraction of sp³-hybridized carbons (Fsp3) is 0.400. The minimum absolute atomic E-state index is 0.0794. The molecule has 1 atom stereocenters. The maximum Gasteiger partial charge on any atom is 0.240 e. The number of halogens is 1. The first kappa shape index (κ1) is 15.0.